The zero-order chi connectivity index (χ0) is 33.9. The Morgan fingerprint density at radius 3 is 2.28 bits per heavy atom. The minimum atomic E-state index is -0.150. The fourth-order valence-corrected chi connectivity index (χ4v) is 7.00. The van der Waals surface area contributed by atoms with Gasteiger partial charge in [0.25, 0.3) is 0 Å². The van der Waals surface area contributed by atoms with Crippen LogP contribution in [0.2, 0.25) is 0 Å². The van der Waals surface area contributed by atoms with Crippen molar-refractivity contribution in [2.75, 3.05) is 23.3 Å². The van der Waals surface area contributed by atoms with Crippen LogP contribution in [0.25, 0.3) is 10.4 Å². The lowest BCUT2D eigenvalue weighted by Gasteiger charge is -2.26. The summed E-state index contributed by atoms with van der Waals surface area (Å²) in [6, 6.07) is 20.4. The molecule has 47 heavy (non-hydrogen) atoms. The largest absolute Gasteiger partial charge is 0.344 e. The van der Waals surface area contributed by atoms with Crippen molar-refractivity contribution in [1.29, 1.82) is 0 Å². The molecular weight excluding hydrogens is 580 g/mol. The fourth-order valence-electron chi connectivity index (χ4n) is 7.00. The number of nitrogens with zero attached hydrogens (tertiary/aromatic N) is 5. The molecule has 2 heterocycles. The lowest BCUT2D eigenvalue weighted by atomic mass is 9.80. The molecule has 3 aromatic carbocycles. The molecule has 2 aliphatic heterocycles. The molecule has 1 N–H and O–H groups in total. The van der Waals surface area contributed by atoms with Gasteiger partial charge in [0, 0.05) is 63.8 Å². The monoisotopic (exact) mass is 627 g/mol. The molecule has 0 radical (unpaired) electrons. The van der Waals surface area contributed by atoms with E-state index in [-0.39, 0.29) is 16.7 Å². The molecule has 1 amide bonds. The first kappa shape index (κ1) is 33.5. The van der Waals surface area contributed by atoms with Crippen LogP contribution in [-0.2, 0) is 15.6 Å². The normalized spacial score (nSPS) is 17.2. The Kier molecular flexibility index (Phi) is 9.60. The molecule has 0 fully saturated rings. The average Bonchev–Trinajstić information content (AvgIpc) is 3.38. The van der Waals surface area contributed by atoms with Crippen molar-refractivity contribution in [1.82, 2.24) is 0 Å². The minimum absolute atomic E-state index is 0.0698. The zero-order valence-corrected chi connectivity index (χ0v) is 29.1. The number of fused-ring (bicyclic) bond motifs is 2. The maximum absolute atomic E-state index is 13.1. The van der Waals surface area contributed by atoms with E-state index in [1.807, 2.05) is 0 Å². The van der Waals surface area contributed by atoms with Crippen LogP contribution in [0, 0.1) is 13.8 Å². The Labute approximate surface area is 279 Å². The number of hydrogen-bond donors (Lipinski definition) is 1. The van der Waals surface area contributed by atoms with Crippen LogP contribution in [-0.4, -0.2) is 29.3 Å². The van der Waals surface area contributed by atoms with E-state index in [0.717, 1.165) is 18.7 Å². The van der Waals surface area contributed by atoms with Crippen LogP contribution < -0.4 is 10.2 Å². The Morgan fingerprint density at radius 2 is 1.62 bits per heavy atom. The van der Waals surface area contributed by atoms with E-state index >= 15 is 0 Å². The first-order chi connectivity index (χ1) is 22.4. The van der Waals surface area contributed by atoms with Gasteiger partial charge in [-0.1, -0.05) is 72.6 Å². The van der Waals surface area contributed by atoms with E-state index in [2.05, 4.69) is 141 Å². The first-order valence-electron chi connectivity index (χ1n) is 16.6. The highest BCUT2D eigenvalue weighted by Crippen LogP contribution is 2.48. The number of amides is 1. The van der Waals surface area contributed by atoms with Gasteiger partial charge in [-0.05, 0) is 95.0 Å². The molecule has 0 spiro atoms. The van der Waals surface area contributed by atoms with Gasteiger partial charge in [-0.15, -0.1) is 0 Å². The van der Waals surface area contributed by atoms with Crippen molar-refractivity contribution in [3.63, 3.8) is 0 Å². The van der Waals surface area contributed by atoms with E-state index < -0.39 is 0 Å². The fraction of sp³-hybridized carbons (Fsp3) is 0.350. The second kappa shape index (κ2) is 13.5. The number of aryl methyl sites for hydroxylation is 2. The summed E-state index contributed by atoms with van der Waals surface area (Å²) in [5, 5.41) is 6.60. The van der Waals surface area contributed by atoms with E-state index in [1.54, 1.807) is 24.3 Å². The summed E-state index contributed by atoms with van der Waals surface area (Å²) in [5.74, 6) is -0.0698. The molecule has 3 aromatic rings. The van der Waals surface area contributed by atoms with Crippen molar-refractivity contribution in [2.24, 2.45) is 5.11 Å². The summed E-state index contributed by atoms with van der Waals surface area (Å²) >= 11 is 0. The lowest BCUT2D eigenvalue weighted by Crippen LogP contribution is -2.27. The van der Waals surface area contributed by atoms with E-state index in [0.29, 0.717) is 24.2 Å². The number of carbonyl (C=O) groups is 1. The lowest BCUT2D eigenvalue weighted by molar-refractivity contribution is -0.433. The Balaban J connectivity index is 1.48. The van der Waals surface area contributed by atoms with Gasteiger partial charge in [0.05, 0.1) is 5.41 Å². The van der Waals surface area contributed by atoms with Crippen molar-refractivity contribution >= 4 is 34.4 Å². The second-order valence-corrected chi connectivity index (χ2v) is 13.6. The van der Waals surface area contributed by atoms with Gasteiger partial charge in [-0.2, -0.15) is 4.58 Å². The zero-order valence-electron chi connectivity index (χ0n) is 29.1. The third kappa shape index (κ3) is 6.68. The van der Waals surface area contributed by atoms with Gasteiger partial charge >= 0.3 is 0 Å². The molecule has 7 nitrogen and oxygen atoms in total. The summed E-state index contributed by atoms with van der Waals surface area (Å²) in [7, 11) is 0. The van der Waals surface area contributed by atoms with Crippen molar-refractivity contribution in [2.45, 2.75) is 79.1 Å². The Hall–Kier alpha value is -4.87. The Morgan fingerprint density at radius 1 is 0.936 bits per heavy atom. The highest BCUT2D eigenvalue weighted by molar-refractivity contribution is 6.03. The minimum Gasteiger partial charge on any atom is -0.344 e. The maximum Gasteiger partial charge on any atom is 0.224 e. The molecule has 2 aliphatic rings. The molecule has 0 saturated heterocycles. The van der Waals surface area contributed by atoms with Crippen molar-refractivity contribution in [3.8, 4) is 0 Å². The number of azide groups is 1. The predicted octanol–water partition coefficient (Wildman–Crippen LogP) is 10.2. The summed E-state index contributed by atoms with van der Waals surface area (Å²) in [4.78, 5) is 18.4. The van der Waals surface area contributed by atoms with Gasteiger partial charge in [0.15, 0.2) is 5.71 Å². The molecule has 5 rings (SSSR count). The third-order valence-electron chi connectivity index (χ3n) is 9.59. The van der Waals surface area contributed by atoms with Gasteiger partial charge in [0.1, 0.15) is 6.54 Å². The third-order valence-corrected chi connectivity index (χ3v) is 9.59. The molecule has 0 atom stereocenters. The quantitative estimate of drug-likeness (QED) is 0.0797. The maximum atomic E-state index is 13.1. The number of likely N-dealkylation sites (N-methyl/N-ethyl adjacent to an activating group) is 1. The van der Waals surface area contributed by atoms with Crippen LogP contribution in [0.3, 0.4) is 0 Å². The average molecular weight is 628 g/mol. The standard InChI is InChI=1S/C40H46N6O/c1-9-45-34-20-11-27(3)25-32(34)39(5,6)36(45)22-13-29(15-24-38(47)42-30-16-18-31(19-17-30)43-44-41)14-23-37-40(7,8)33-26-28(4)12-21-35(33)46(37)10-2/h11-14,16-23,25-26H,9-10,15,24H2,1-8H3/p+1. The molecule has 0 aromatic heterocycles. The van der Waals surface area contributed by atoms with Crippen molar-refractivity contribution < 1.29 is 9.37 Å². The summed E-state index contributed by atoms with van der Waals surface area (Å²) < 4.78 is 2.41. The first-order valence-corrected chi connectivity index (χ1v) is 16.6. The topological polar surface area (TPSA) is 84.1 Å². The van der Waals surface area contributed by atoms with E-state index in [9.17, 15) is 4.79 Å². The van der Waals surface area contributed by atoms with Crippen molar-refractivity contribution in [3.05, 3.63) is 129 Å². The highest BCUT2D eigenvalue weighted by atomic mass is 16.1. The number of benzene rings is 3. The van der Waals surface area contributed by atoms with Gasteiger partial charge in [0.2, 0.25) is 11.6 Å². The van der Waals surface area contributed by atoms with Crippen LogP contribution >= 0.6 is 0 Å². The van der Waals surface area contributed by atoms with Gasteiger partial charge in [-0.25, -0.2) is 0 Å². The number of anilines is 2. The number of rotatable bonds is 10. The summed E-state index contributed by atoms with van der Waals surface area (Å²) in [6.07, 6.45) is 9.82. The van der Waals surface area contributed by atoms with Crippen LogP contribution in [0.1, 0.15) is 76.6 Å². The smallest absolute Gasteiger partial charge is 0.224 e. The van der Waals surface area contributed by atoms with Crippen LogP contribution in [0.4, 0.5) is 22.7 Å². The number of hydrogen-bond acceptors (Lipinski definition) is 3. The molecule has 0 saturated carbocycles. The number of allylic oxidation sites excluding steroid dienone is 6. The summed E-state index contributed by atoms with van der Waals surface area (Å²) in [5.41, 5.74) is 20.9. The predicted molar refractivity (Wildman–Crippen MR) is 195 cm³/mol. The molecular formula is C40H47N6O+. The van der Waals surface area contributed by atoms with Crippen LogP contribution in [0.15, 0.2) is 101 Å². The second-order valence-electron chi connectivity index (χ2n) is 13.6. The molecule has 7 heteroatoms. The number of nitrogens with one attached hydrogen (secondary N) is 1. The Bertz CT molecular complexity index is 1870. The molecule has 242 valence electrons. The summed E-state index contributed by atoms with van der Waals surface area (Å²) in [6.45, 7) is 19.6. The van der Waals surface area contributed by atoms with Gasteiger partial charge in [-0.3, -0.25) is 4.79 Å². The van der Waals surface area contributed by atoms with E-state index in [4.69, 9.17) is 5.53 Å². The SMILES string of the molecule is CCN1/C(=C/C=C(/C=C/C2=[N+](CC)c3ccc(C)cc3C2(C)C)CCC(=O)Nc2ccc(N=[N+]=[N-])cc2)C(C)(C)c2cc(C)ccc21. The van der Waals surface area contributed by atoms with Gasteiger partial charge < -0.3 is 10.2 Å². The van der Waals surface area contributed by atoms with E-state index in [1.165, 1.54) is 45.0 Å². The molecule has 0 unspecified atom stereocenters. The highest BCUT2D eigenvalue weighted by Gasteiger charge is 2.44. The molecule has 0 bridgehead atoms. The number of carbonyl (C=O) groups excluding carboxylic acids is 1. The van der Waals surface area contributed by atoms with Crippen LogP contribution in [0.5, 0.6) is 0 Å². The molecule has 0 aliphatic carbocycles.